The van der Waals surface area contributed by atoms with Gasteiger partial charge in [-0.15, -0.1) is 10.2 Å². The third-order valence-corrected chi connectivity index (χ3v) is 3.72. The van der Waals surface area contributed by atoms with Crippen molar-refractivity contribution in [1.29, 1.82) is 0 Å². The molecule has 1 aliphatic heterocycles. The molecule has 0 aromatic carbocycles. The SMILES string of the molecule is Cc1c(Cl)nnc(OC2CCN(C)CC2)c1C. The fourth-order valence-corrected chi connectivity index (χ4v) is 2.11. The zero-order valence-electron chi connectivity index (χ0n) is 10.5. The van der Waals surface area contributed by atoms with Gasteiger partial charge in [0, 0.05) is 18.7 Å². The lowest BCUT2D eigenvalue weighted by molar-refractivity contribution is 0.108. The highest BCUT2D eigenvalue weighted by molar-refractivity contribution is 6.30. The molecule has 0 N–H and O–H groups in total. The number of rotatable bonds is 2. The zero-order valence-corrected chi connectivity index (χ0v) is 11.3. The monoisotopic (exact) mass is 255 g/mol. The molecule has 2 rings (SSSR count). The van der Waals surface area contributed by atoms with Gasteiger partial charge in [0.05, 0.1) is 0 Å². The minimum absolute atomic E-state index is 0.250. The molecule has 0 saturated carbocycles. The summed E-state index contributed by atoms with van der Waals surface area (Å²) in [7, 11) is 2.13. The molecule has 0 aliphatic carbocycles. The summed E-state index contributed by atoms with van der Waals surface area (Å²) >= 11 is 5.91. The summed E-state index contributed by atoms with van der Waals surface area (Å²) in [4.78, 5) is 2.31. The highest BCUT2D eigenvalue weighted by Crippen LogP contribution is 2.24. The predicted molar refractivity (Wildman–Crippen MR) is 67.7 cm³/mol. The van der Waals surface area contributed by atoms with E-state index in [4.69, 9.17) is 16.3 Å². The lowest BCUT2D eigenvalue weighted by Crippen LogP contribution is -2.36. The van der Waals surface area contributed by atoms with Crippen molar-refractivity contribution in [2.75, 3.05) is 20.1 Å². The van der Waals surface area contributed by atoms with Crippen molar-refractivity contribution in [2.24, 2.45) is 0 Å². The quantitative estimate of drug-likeness (QED) is 0.812. The van der Waals surface area contributed by atoms with Crippen molar-refractivity contribution >= 4 is 11.6 Å². The summed E-state index contributed by atoms with van der Waals surface area (Å²) in [5.74, 6) is 0.626. The van der Waals surface area contributed by atoms with Crippen LogP contribution in [-0.4, -0.2) is 41.3 Å². The average molecular weight is 256 g/mol. The summed E-state index contributed by atoms with van der Waals surface area (Å²) in [5.41, 5.74) is 1.94. The van der Waals surface area contributed by atoms with E-state index in [2.05, 4.69) is 22.1 Å². The van der Waals surface area contributed by atoms with Gasteiger partial charge in [-0.05, 0) is 39.3 Å². The Bertz CT molecular complexity index is 403. The van der Waals surface area contributed by atoms with Crippen molar-refractivity contribution in [1.82, 2.24) is 15.1 Å². The van der Waals surface area contributed by atoms with Crippen LogP contribution in [0.3, 0.4) is 0 Å². The fraction of sp³-hybridized carbons (Fsp3) is 0.667. The Morgan fingerprint density at radius 1 is 1.18 bits per heavy atom. The van der Waals surface area contributed by atoms with Gasteiger partial charge in [0.2, 0.25) is 5.88 Å². The molecule has 0 radical (unpaired) electrons. The lowest BCUT2D eigenvalue weighted by atomic mass is 10.1. The number of halogens is 1. The zero-order chi connectivity index (χ0) is 12.4. The van der Waals surface area contributed by atoms with Crippen LogP contribution >= 0.6 is 11.6 Å². The fourth-order valence-electron chi connectivity index (χ4n) is 1.93. The Hall–Kier alpha value is -0.870. The molecular formula is C12H18ClN3O. The van der Waals surface area contributed by atoms with E-state index in [1.165, 1.54) is 0 Å². The molecule has 17 heavy (non-hydrogen) atoms. The molecule has 0 amide bonds. The first-order chi connectivity index (χ1) is 8.08. The second kappa shape index (κ2) is 5.19. The predicted octanol–water partition coefficient (Wildman–Crippen LogP) is 2.22. The number of likely N-dealkylation sites (tertiary alicyclic amines) is 1. The first-order valence-corrected chi connectivity index (χ1v) is 6.30. The maximum absolute atomic E-state index is 5.91. The highest BCUT2D eigenvalue weighted by atomic mass is 35.5. The normalized spacial score (nSPS) is 18.4. The minimum atomic E-state index is 0.250. The van der Waals surface area contributed by atoms with Crippen LogP contribution in [0.15, 0.2) is 0 Å². The smallest absolute Gasteiger partial charge is 0.237 e. The molecule has 0 atom stereocenters. The van der Waals surface area contributed by atoms with Crippen molar-refractivity contribution in [3.8, 4) is 5.88 Å². The summed E-state index contributed by atoms with van der Waals surface area (Å²) in [6.07, 6.45) is 2.33. The summed E-state index contributed by atoms with van der Waals surface area (Å²) < 4.78 is 5.91. The van der Waals surface area contributed by atoms with Crippen molar-refractivity contribution in [2.45, 2.75) is 32.8 Å². The van der Waals surface area contributed by atoms with E-state index in [9.17, 15) is 0 Å². The van der Waals surface area contributed by atoms with Gasteiger partial charge in [0.1, 0.15) is 6.10 Å². The number of hydrogen-bond donors (Lipinski definition) is 0. The van der Waals surface area contributed by atoms with Gasteiger partial charge in [0.25, 0.3) is 0 Å². The molecule has 94 valence electrons. The van der Waals surface area contributed by atoms with Gasteiger partial charge < -0.3 is 9.64 Å². The molecule has 4 nitrogen and oxygen atoms in total. The molecule has 1 aromatic rings. The number of ether oxygens (including phenoxy) is 1. The van der Waals surface area contributed by atoms with Gasteiger partial charge in [-0.2, -0.15) is 0 Å². The lowest BCUT2D eigenvalue weighted by Gasteiger charge is -2.29. The molecule has 1 fully saturated rings. The standard InChI is InChI=1S/C12H18ClN3O/c1-8-9(2)12(15-14-11(8)13)17-10-4-6-16(3)7-5-10/h10H,4-7H2,1-3H3. The first kappa shape index (κ1) is 12.6. The van der Waals surface area contributed by atoms with Crippen LogP contribution in [-0.2, 0) is 0 Å². The van der Waals surface area contributed by atoms with Crippen LogP contribution < -0.4 is 4.74 Å². The summed E-state index contributed by atoms with van der Waals surface area (Å²) in [6.45, 7) is 6.06. The van der Waals surface area contributed by atoms with Crippen LogP contribution in [0, 0.1) is 13.8 Å². The second-order valence-corrected chi connectivity index (χ2v) is 5.02. The van der Waals surface area contributed by atoms with E-state index in [-0.39, 0.29) is 6.10 Å². The molecule has 1 aliphatic rings. The second-order valence-electron chi connectivity index (χ2n) is 4.67. The molecule has 1 saturated heterocycles. The molecule has 0 unspecified atom stereocenters. The Balaban J connectivity index is 2.06. The average Bonchev–Trinajstić information content (AvgIpc) is 2.33. The van der Waals surface area contributed by atoms with Crippen LogP contribution in [0.5, 0.6) is 5.88 Å². The number of piperidine rings is 1. The molecule has 2 heterocycles. The number of hydrogen-bond acceptors (Lipinski definition) is 4. The number of aromatic nitrogens is 2. The van der Waals surface area contributed by atoms with Gasteiger partial charge in [-0.25, -0.2) is 0 Å². The van der Waals surface area contributed by atoms with Gasteiger partial charge in [-0.1, -0.05) is 11.6 Å². The van der Waals surface area contributed by atoms with Crippen molar-refractivity contribution in [3.63, 3.8) is 0 Å². The van der Waals surface area contributed by atoms with E-state index in [0.717, 1.165) is 37.1 Å². The maximum atomic E-state index is 5.91. The van der Waals surface area contributed by atoms with E-state index < -0.39 is 0 Å². The van der Waals surface area contributed by atoms with Gasteiger partial charge >= 0.3 is 0 Å². The van der Waals surface area contributed by atoms with Gasteiger partial charge in [0.15, 0.2) is 5.15 Å². The highest BCUT2D eigenvalue weighted by Gasteiger charge is 2.20. The van der Waals surface area contributed by atoms with Crippen LogP contribution in [0.25, 0.3) is 0 Å². The minimum Gasteiger partial charge on any atom is -0.473 e. The van der Waals surface area contributed by atoms with E-state index >= 15 is 0 Å². The number of nitrogens with zero attached hydrogens (tertiary/aromatic N) is 3. The molecule has 0 spiro atoms. The third kappa shape index (κ3) is 2.87. The largest absolute Gasteiger partial charge is 0.473 e. The van der Waals surface area contributed by atoms with Crippen molar-refractivity contribution in [3.05, 3.63) is 16.3 Å². The topological polar surface area (TPSA) is 38.3 Å². The Morgan fingerprint density at radius 2 is 1.82 bits per heavy atom. The molecule has 0 bridgehead atoms. The molecule has 1 aromatic heterocycles. The van der Waals surface area contributed by atoms with E-state index in [0.29, 0.717) is 11.0 Å². The summed E-state index contributed by atoms with van der Waals surface area (Å²) in [6, 6.07) is 0. The van der Waals surface area contributed by atoms with Crippen LogP contribution in [0.2, 0.25) is 5.15 Å². The Morgan fingerprint density at radius 3 is 2.47 bits per heavy atom. The van der Waals surface area contributed by atoms with E-state index in [1.807, 2.05) is 13.8 Å². The maximum Gasteiger partial charge on any atom is 0.237 e. The van der Waals surface area contributed by atoms with Crippen LogP contribution in [0.1, 0.15) is 24.0 Å². The first-order valence-electron chi connectivity index (χ1n) is 5.92. The molecular weight excluding hydrogens is 238 g/mol. The van der Waals surface area contributed by atoms with E-state index in [1.54, 1.807) is 0 Å². The molecule has 5 heteroatoms. The van der Waals surface area contributed by atoms with Crippen molar-refractivity contribution < 1.29 is 4.74 Å². The Kier molecular flexibility index (Phi) is 3.84. The van der Waals surface area contributed by atoms with Gasteiger partial charge in [-0.3, -0.25) is 0 Å². The van der Waals surface area contributed by atoms with Crippen LogP contribution in [0.4, 0.5) is 0 Å². The third-order valence-electron chi connectivity index (χ3n) is 3.37. The summed E-state index contributed by atoms with van der Waals surface area (Å²) in [5, 5.41) is 8.39. The Labute approximate surface area is 107 Å².